The monoisotopic (exact) mass is 452 g/mol. The van der Waals surface area contributed by atoms with Gasteiger partial charge in [0.05, 0.1) is 6.10 Å². The van der Waals surface area contributed by atoms with Gasteiger partial charge in [-0.1, -0.05) is 130 Å². The van der Waals surface area contributed by atoms with Crippen LogP contribution in [0.2, 0.25) is 0 Å². The molecule has 0 aromatic carbocycles. The van der Waals surface area contributed by atoms with Gasteiger partial charge < -0.3 is 4.89 Å². The summed E-state index contributed by atoms with van der Waals surface area (Å²) < 4.78 is 17.1. The molecule has 0 amide bonds. The molecule has 0 aromatic rings. The van der Waals surface area contributed by atoms with E-state index in [-0.39, 0.29) is 6.10 Å². The quantitative estimate of drug-likeness (QED) is 0.131. The molecule has 176 valence electrons. The Morgan fingerprint density at radius 2 is 1.07 bits per heavy atom. The summed E-state index contributed by atoms with van der Waals surface area (Å²) in [6.07, 6.45) is 23.1. The van der Waals surface area contributed by atoms with E-state index in [1.165, 1.54) is 89.9 Å². The second-order valence-corrected chi connectivity index (χ2v) is 11.3. The molecule has 29 heavy (non-hydrogen) atoms. The summed E-state index contributed by atoms with van der Waals surface area (Å²) in [6, 6.07) is 0. The number of rotatable bonds is 22. The van der Waals surface area contributed by atoms with Gasteiger partial charge in [0.1, 0.15) is 0 Å². The molecule has 0 saturated heterocycles. The Balaban J connectivity index is 4.51. The van der Waals surface area contributed by atoms with Crippen molar-refractivity contribution < 1.29 is 14.0 Å². The Bertz CT molecular complexity index is 386. The summed E-state index contributed by atoms with van der Waals surface area (Å²) in [5, 5.41) is 0. The van der Waals surface area contributed by atoms with Gasteiger partial charge in [0.25, 0.3) is 0 Å². The fourth-order valence-electron chi connectivity index (χ4n) is 4.20. The second-order valence-electron chi connectivity index (χ2n) is 8.89. The summed E-state index contributed by atoms with van der Waals surface area (Å²) in [5.41, 5.74) is 0. The van der Waals surface area contributed by atoms with Crippen LogP contribution in [-0.4, -0.2) is 11.0 Å². The van der Waals surface area contributed by atoms with Crippen molar-refractivity contribution in [1.29, 1.82) is 0 Å². The number of hydrogen-bond acceptors (Lipinski definition) is 2. The van der Waals surface area contributed by atoms with Crippen molar-refractivity contribution in [3.8, 4) is 0 Å². The molecule has 0 saturated carbocycles. The van der Waals surface area contributed by atoms with Crippen LogP contribution in [0.15, 0.2) is 0 Å². The molecule has 0 aliphatic carbocycles. The van der Waals surface area contributed by atoms with Gasteiger partial charge in [-0.05, 0) is 18.8 Å². The maximum absolute atomic E-state index is 11.7. The molecule has 0 rings (SSSR count). The summed E-state index contributed by atoms with van der Waals surface area (Å²) >= 11 is 5.56. The lowest BCUT2D eigenvalue weighted by molar-refractivity contribution is 0.136. The Morgan fingerprint density at radius 1 is 0.690 bits per heavy atom. The molecule has 0 heterocycles. The van der Waals surface area contributed by atoms with Crippen molar-refractivity contribution in [2.75, 3.05) is 0 Å². The molecule has 0 spiro atoms. The van der Waals surface area contributed by atoms with Crippen LogP contribution < -0.4 is 0 Å². The highest BCUT2D eigenvalue weighted by molar-refractivity contribution is 7.80. The highest BCUT2D eigenvalue weighted by atomic mass is 35.7. The van der Waals surface area contributed by atoms with Crippen molar-refractivity contribution in [2.24, 2.45) is 5.92 Å². The van der Waals surface area contributed by atoms with E-state index in [2.05, 4.69) is 20.8 Å². The van der Waals surface area contributed by atoms with Gasteiger partial charge in [-0.3, -0.25) is 4.52 Å². The van der Waals surface area contributed by atoms with Crippen LogP contribution in [-0.2, 0) is 9.09 Å². The Morgan fingerprint density at radius 3 is 1.52 bits per heavy atom. The van der Waals surface area contributed by atoms with Crippen molar-refractivity contribution in [3.63, 3.8) is 0 Å². The van der Waals surface area contributed by atoms with Crippen LogP contribution in [0.4, 0.5) is 0 Å². The lowest BCUT2D eigenvalue weighted by Crippen LogP contribution is -2.17. The maximum atomic E-state index is 11.7. The Kier molecular flexibility index (Phi) is 20.7. The van der Waals surface area contributed by atoms with Crippen molar-refractivity contribution in [2.45, 2.75) is 149 Å². The van der Waals surface area contributed by atoms with Crippen LogP contribution in [0, 0.1) is 5.92 Å². The van der Waals surface area contributed by atoms with E-state index < -0.39 is 6.95 Å². The average Bonchev–Trinajstić information content (AvgIpc) is 2.65. The Hall–Kier alpha value is 0.440. The van der Waals surface area contributed by atoms with Crippen molar-refractivity contribution in [1.82, 2.24) is 0 Å². The maximum Gasteiger partial charge on any atom is 0.421 e. The van der Waals surface area contributed by atoms with Crippen LogP contribution in [0.1, 0.15) is 143 Å². The fourth-order valence-corrected chi connectivity index (χ4v) is 5.10. The number of hydrogen-bond donors (Lipinski definition) is 1. The first-order valence-corrected chi connectivity index (χ1v) is 15.1. The normalized spacial score (nSPS) is 15.9. The third-order valence-corrected chi connectivity index (χ3v) is 6.73. The lowest BCUT2D eigenvalue weighted by atomic mass is 9.88. The molecule has 0 aromatic heterocycles. The first-order valence-electron chi connectivity index (χ1n) is 12.6. The molecule has 3 atom stereocenters. The molecule has 0 fully saturated rings. The molecule has 0 aliphatic heterocycles. The summed E-state index contributed by atoms with van der Waals surface area (Å²) in [6.45, 7) is 2.74. The lowest BCUT2D eigenvalue weighted by Gasteiger charge is -2.24. The molecule has 0 bridgehead atoms. The van der Waals surface area contributed by atoms with E-state index in [1.807, 2.05) is 0 Å². The number of halogens is 1. The van der Waals surface area contributed by atoms with Crippen molar-refractivity contribution in [3.05, 3.63) is 0 Å². The molecule has 3 nitrogen and oxygen atoms in total. The molecule has 5 heteroatoms. The average molecular weight is 453 g/mol. The van der Waals surface area contributed by atoms with Crippen LogP contribution in [0.5, 0.6) is 0 Å². The highest BCUT2D eigenvalue weighted by Crippen LogP contribution is 2.50. The molecular formula is C24H50ClO3P. The van der Waals surface area contributed by atoms with E-state index in [0.717, 1.165) is 32.1 Å². The summed E-state index contributed by atoms with van der Waals surface area (Å²) in [7, 11) is 0. The largest absolute Gasteiger partial charge is 0.421 e. The molecule has 1 N–H and O–H groups in total. The first-order chi connectivity index (χ1) is 13.9. The minimum Gasteiger partial charge on any atom is -0.313 e. The van der Waals surface area contributed by atoms with E-state index >= 15 is 0 Å². The molecule has 0 radical (unpaired) electrons. The predicted octanol–water partition coefficient (Wildman–Crippen LogP) is 9.80. The molecule has 3 unspecified atom stereocenters. The zero-order valence-electron chi connectivity index (χ0n) is 19.7. The molecular weight excluding hydrogens is 403 g/mol. The minimum absolute atomic E-state index is 0.180. The van der Waals surface area contributed by atoms with E-state index in [0.29, 0.717) is 5.92 Å². The van der Waals surface area contributed by atoms with E-state index in [1.54, 1.807) is 0 Å². The zero-order valence-corrected chi connectivity index (χ0v) is 21.3. The van der Waals surface area contributed by atoms with Crippen LogP contribution in [0.25, 0.3) is 0 Å². The van der Waals surface area contributed by atoms with Gasteiger partial charge in [0.15, 0.2) is 0 Å². The standard InChI is InChI=1S/C24H50ClO3P/c1-4-7-10-12-13-15-18-20-23(19-17-14-11-8-5-2)22-24(21-16-9-6-3)28-29(25,26)27/h23-24H,4-22H2,1-3H3,(H,26,27). The highest BCUT2D eigenvalue weighted by Gasteiger charge is 2.24. The fraction of sp³-hybridized carbons (Fsp3) is 1.00. The van der Waals surface area contributed by atoms with Gasteiger partial charge >= 0.3 is 6.95 Å². The predicted molar refractivity (Wildman–Crippen MR) is 129 cm³/mol. The topological polar surface area (TPSA) is 46.5 Å². The second kappa shape index (κ2) is 20.3. The Labute approximate surface area is 187 Å². The van der Waals surface area contributed by atoms with Crippen molar-refractivity contribution >= 4 is 18.2 Å². The van der Waals surface area contributed by atoms with Crippen LogP contribution >= 0.6 is 18.2 Å². The van der Waals surface area contributed by atoms with Gasteiger partial charge in [-0.2, -0.15) is 0 Å². The smallest absolute Gasteiger partial charge is 0.313 e. The third kappa shape index (κ3) is 21.5. The van der Waals surface area contributed by atoms with E-state index in [4.69, 9.17) is 15.8 Å². The summed E-state index contributed by atoms with van der Waals surface area (Å²) in [5.74, 6) is 0.585. The third-order valence-electron chi connectivity index (χ3n) is 5.94. The summed E-state index contributed by atoms with van der Waals surface area (Å²) in [4.78, 5) is 9.55. The first kappa shape index (κ1) is 29.4. The van der Waals surface area contributed by atoms with Gasteiger partial charge in [-0.15, -0.1) is 0 Å². The van der Waals surface area contributed by atoms with E-state index in [9.17, 15) is 9.46 Å². The number of unbranched alkanes of at least 4 members (excludes halogenated alkanes) is 12. The minimum atomic E-state index is -3.94. The van der Waals surface area contributed by atoms with Gasteiger partial charge in [-0.25, -0.2) is 4.57 Å². The van der Waals surface area contributed by atoms with Gasteiger partial charge in [0, 0.05) is 11.2 Å². The van der Waals surface area contributed by atoms with Crippen LogP contribution in [0.3, 0.4) is 0 Å². The SMILES string of the molecule is CCCCCCCCCC(CCCCCCC)CC(CCCCC)OP(=O)(O)Cl. The van der Waals surface area contributed by atoms with Gasteiger partial charge in [0.2, 0.25) is 0 Å². The molecule has 0 aliphatic rings. The zero-order chi connectivity index (χ0) is 21.8.